The van der Waals surface area contributed by atoms with Gasteiger partial charge in [0, 0.05) is 43.9 Å². The topological polar surface area (TPSA) is 179 Å². The first-order valence-electron chi connectivity index (χ1n) is 13.8. The van der Waals surface area contributed by atoms with Gasteiger partial charge in [0.25, 0.3) is 5.91 Å². The molecule has 1 aliphatic heterocycles. The Morgan fingerprint density at radius 1 is 1.23 bits per heavy atom. The molecule has 43 heavy (non-hydrogen) atoms. The molecule has 2 rings (SSSR count). The van der Waals surface area contributed by atoms with Gasteiger partial charge >= 0.3 is 6.09 Å². The molecule has 0 radical (unpaired) electrons. The summed E-state index contributed by atoms with van der Waals surface area (Å²) in [5.74, 6) is -2.25. The number of hydrogen-bond acceptors (Lipinski definition) is 10. The Kier molecular flexibility index (Phi) is 13.3. The van der Waals surface area contributed by atoms with E-state index in [0.717, 1.165) is 6.08 Å². The van der Waals surface area contributed by atoms with Gasteiger partial charge in [-0.2, -0.15) is 0 Å². The van der Waals surface area contributed by atoms with Gasteiger partial charge < -0.3 is 35.8 Å². The van der Waals surface area contributed by atoms with Crippen LogP contribution in [-0.4, -0.2) is 73.6 Å². The Balaban J connectivity index is 2.68. The van der Waals surface area contributed by atoms with Crippen molar-refractivity contribution >= 4 is 29.3 Å². The Morgan fingerprint density at radius 3 is 2.51 bits per heavy atom. The monoisotopic (exact) mass is 598 g/mol. The lowest BCUT2D eigenvalue weighted by Crippen LogP contribution is -2.36. The average molecular weight is 599 g/mol. The zero-order chi connectivity index (χ0) is 32.3. The van der Waals surface area contributed by atoms with E-state index in [-0.39, 0.29) is 41.4 Å². The second kappa shape index (κ2) is 16.4. The molecule has 5 N–H and O–H groups in total. The molecule has 1 heterocycles. The molecule has 2 bridgehead atoms. The molecule has 0 unspecified atom stereocenters. The van der Waals surface area contributed by atoms with Gasteiger partial charge in [0.2, 0.25) is 11.6 Å². The summed E-state index contributed by atoms with van der Waals surface area (Å²) in [4.78, 5) is 51.4. The molecule has 0 aromatic carbocycles. The number of oxime groups is 1. The van der Waals surface area contributed by atoms with Gasteiger partial charge in [-0.05, 0) is 38.2 Å². The lowest BCUT2D eigenvalue weighted by atomic mass is 9.85. The van der Waals surface area contributed by atoms with Crippen molar-refractivity contribution in [2.45, 2.75) is 58.8 Å². The largest absolute Gasteiger partial charge is 0.439 e. The van der Waals surface area contributed by atoms with Gasteiger partial charge in [0.15, 0.2) is 6.10 Å². The van der Waals surface area contributed by atoms with Crippen molar-refractivity contribution in [1.29, 1.82) is 0 Å². The Bertz CT molecular complexity index is 1290. The maximum Gasteiger partial charge on any atom is 0.405 e. The zero-order valence-electron chi connectivity index (χ0n) is 25.5. The van der Waals surface area contributed by atoms with Crippen LogP contribution in [0.25, 0.3) is 0 Å². The second-order valence-electron chi connectivity index (χ2n) is 10.5. The first-order chi connectivity index (χ1) is 20.4. The van der Waals surface area contributed by atoms with Crippen LogP contribution in [0, 0.1) is 11.8 Å². The molecule has 0 fully saturated rings. The number of nitrogens with one attached hydrogen (secondary N) is 2. The quantitative estimate of drug-likeness (QED) is 0.155. The summed E-state index contributed by atoms with van der Waals surface area (Å²) < 4.78 is 16.6. The lowest BCUT2D eigenvalue weighted by Gasteiger charge is -2.27. The second-order valence-corrected chi connectivity index (χ2v) is 10.5. The molecule has 5 atom stereocenters. The summed E-state index contributed by atoms with van der Waals surface area (Å²) in [6, 6.07) is 0. The first kappa shape index (κ1) is 34.9. The van der Waals surface area contributed by atoms with Crippen LogP contribution in [0.3, 0.4) is 0 Å². The predicted molar refractivity (Wildman–Crippen MR) is 161 cm³/mol. The van der Waals surface area contributed by atoms with Crippen molar-refractivity contribution in [2.75, 3.05) is 20.8 Å². The highest BCUT2D eigenvalue weighted by Gasteiger charge is 2.33. The minimum atomic E-state index is -1.01. The fraction of sp³-hybridized carbons (Fsp3) is 0.452. The van der Waals surface area contributed by atoms with Crippen LogP contribution in [0.1, 0.15) is 40.5 Å². The van der Waals surface area contributed by atoms with Crippen molar-refractivity contribution in [3.05, 3.63) is 71.1 Å². The van der Waals surface area contributed by atoms with E-state index in [1.807, 2.05) is 6.92 Å². The third kappa shape index (κ3) is 9.35. The number of ether oxygens (including phenoxy) is 3. The molecule has 234 valence electrons. The normalized spacial score (nSPS) is 30.4. The smallest absolute Gasteiger partial charge is 0.405 e. The Labute approximate surface area is 252 Å². The minimum absolute atomic E-state index is 0.138. The van der Waals surface area contributed by atoms with Crippen molar-refractivity contribution in [1.82, 2.24) is 10.6 Å². The maximum absolute atomic E-state index is 13.6. The van der Waals surface area contributed by atoms with Crippen LogP contribution >= 0.6 is 0 Å². The molecule has 0 saturated heterocycles. The summed E-state index contributed by atoms with van der Waals surface area (Å²) >= 11 is 0. The number of ketones is 2. The van der Waals surface area contributed by atoms with E-state index < -0.39 is 47.8 Å². The number of carbonyl (C=O) groups excluding carboxylic acids is 4. The van der Waals surface area contributed by atoms with E-state index in [2.05, 4.69) is 22.4 Å². The van der Waals surface area contributed by atoms with E-state index >= 15 is 0 Å². The first-order valence-corrected chi connectivity index (χ1v) is 13.8. The van der Waals surface area contributed by atoms with Gasteiger partial charge in [-0.15, -0.1) is 6.58 Å². The molecule has 2 aliphatic rings. The summed E-state index contributed by atoms with van der Waals surface area (Å²) in [5, 5.41) is 19.0. The van der Waals surface area contributed by atoms with E-state index in [9.17, 15) is 24.4 Å². The number of Topliss-reactive ketones (excluding diaryl/α,β-unsaturated/α-hetero) is 1. The van der Waals surface area contributed by atoms with Crippen LogP contribution in [0.5, 0.6) is 0 Å². The maximum atomic E-state index is 13.6. The molecule has 0 aromatic heterocycles. The molecule has 0 aromatic rings. The van der Waals surface area contributed by atoms with Gasteiger partial charge in [0.05, 0.1) is 23.2 Å². The van der Waals surface area contributed by atoms with Gasteiger partial charge in [-0.25, -0.2) is 4.79 Å². The molecule has 0 spiro atoms. The standard InChI is InChI=1S/C31H42N4O8/c1-8-12-33-27-21-13-17(2)14-25(42-7)26(35-40)19(4)15-20(5)29(43-31(32)39)24(41-6)11-9-10-18(3)30(38)34-22(28(21)37)16-23(27)36/h8-11,15-17,19,24-25,29,33,40H,1,12-14H2,2-7H3,(H2,32,39)(H,34,38)/b11-9-,18-10+,20-15+,35-26+/t17-,19+,24+,25+,29+/m1/s1. The summed E-state index contributed by atoms with van der Waals surface area (Å²) in [5.41, 5.74) is 6.66. The van der Waals surface area contributed by atoms with Crippen LogP contribution in [0.4, 0.5) is 4.79 Å². The van der Waals surface area contributed by atoms with E-state index in [1.54, 1.807) is 45.1 Å². The number of hydrogen-bond donors (Lipinski definition) is 4. The Hall–Kier alpha value is -4.29. The van der Waals surface area contributed by atoms with Crippen LogP contribution in [-0.2, 0) is 28.6 Å². The summed E-state index contributed by atoms with van der Waals surface area (Å²) in [7, 11) is 2.90. The van der Waals surface area contributed by atoms with Crippen LogP contribution < -0.4 is 16.4 Å². The highest BCUT2D eigenvalue weighted by atomic mass is 16.6. The van der Waals surface area contributed by atoms with Gasteiger partial charge in [-0.3, -0.25) is 14.4 Å². The number of nitrogens with zero attached hydrogens (tertiary/aromatic N) is 1. The molecule has 12 nitrogen and oxygen atoms in total. The van der Waals surface area contributed by atoms with Crippen LogP contribution in [0.15, 0.2) is 76.3 Å². The van der Waals surface area contributed by atoms with Crippen molar-refractivity contribution in [2.24, 2.45) is 22.7 Å². The van der Waals surface area contributed by atoms with Gasteiger partial charge in [0.1, 0.15) is 6.10 Å². The van der Waals surface area contributed by atoms with Crippen molar-refractivity contribution in [3.8, 4) is 0 Å². The van der Waals surface area contributed by atoms with Crippen molar-refractivity contribution in [3.63, 3.8) is 0 Å². The number of carbonyl (C=O) groups is 4. The molecule has 12 heteroatoms. The number of amides is 2. The SMILES string of the molecule is C=CCNC1=C2C[C@@H](C)C[C@H](OC)/C(=N/O)[C@@H](C)/C=C(\C)[C@H](OC(N)=O)[C@@H](OC)/C=C\C=C(/C)C(=O)NC(=CC1=O)C2=O. The number of methoxy groups -OCH3 is 2. The highest BCUT2D eigenvalue weighted by molar-refractivity contribution is 6.23. The summed E-state index contributed by atoms with van der Waals surface area (Å²) in [6.45, 7) is 10.8. The molecule has 2 amide bonds. The lowest BCUT2D eigenvalue weighted by molar-refractivity contribution is -0.120. The average Bonchev–Trinajstić information content (AvgIpc) is 2.95. The number of fused-ring (bicyclic) bond motifs is 2. The zero-order valence-corrected chi connectivity index (χ0v) is 25.5. The fourth-order valence-corrected chi connectivity index (χ4v) is 4.96. The van der Waals surface area contributed by atoms with E-state index in [1.165, 1.54) is 20.3 Å². The molecular weight excluding hydrogens is 556 g/mol. The third-order valence-electron chi connectivity index (χ3n) is 7.16. The molecule has 0 saturated carbocycles. The number of rotatable bonds is 6. The number of primary amides is 1. The van der Waals surface area contributed by atoms with E-state index in [4.69, 9.17) is 19.9 Å². The fourth-order valence-electron chi connectivity index (χ4n) is 4.96. The molecular formula is C31H42N4O8. The summed E-state index contributed by atoms with van der Waals surface area (Å²) in [6.07, 6.45) is 6.10. The van der Waals surface area contributed by atoms with E-state index in [0.29, 0.717) is 17.7 Å². The van der Waals surface area contributed by atoms with Crippen molar-refractivity contribution < 1.29 is 38.6 Å². The number of nitrogens with two attached hydrogens (primary N) is 1. The Morgan fingerprint density at radius 2 is 1.93 bits per heavy atom. The third-order valence-corrected chi connectivity index (χ3v) is 7.16. The number of allylic oxidation sites excluding steroid dienone is 5. The highest BCUT2D eigenvalue weighted by Crippen LogP contribution is 2.28. The minimum Gasteiger partial charge on any atom is -0.439 e. The van der Waals surface area contributed by atoms with Crippen LogP contribution in [0.2, 0.25) is 0 Å². The van der Waals surface area contributed by atoms with Gasteiger partial charge in [-0.1, -0.05) is 49.4 Å². The predicted octanol–water partition coefficient (Wildman–Crippen LogP) is 3.01. The molecule has 1 aliphatic carbocycles.